The van der Waals surface area contributed by atoms with E-state index in [1.54, 1.807) is 44.3 Å². The van der Waals surface area contributed by atoms with E-state index in [0.717, 1.165) is 8.68 Å². The van der Waals surface area contributed by atoms with Crippen LogP contribution in [0.5, 0.6) is 0 Å². The van der Waals surface area contributed by atoms with Crippen molar-refractivity contribution in [3.8, 4) is 0 Å². The second-order valence-corrected chi connectivity index (χ2v) is 11.0. The molecule has 20 heavy (non-hydrogen) atoms. The molecular formula is C14H20N2S4. The highest BCUT2D eigenvalue weighted by Gasteiger charge is 2.19. The highest BCUT2D eigenvalue weighted by Crippen LogP contribution is 2.42. The van der Waals surface area contributed by atoms with Crippen molar-refractivity contribution in [3.63, 3.8) is 0 Å². The number of hydrogen-bond donors (Lipinski definition) is 0. The molecule has 0 unspecified atom stereocenters. The summed E-state index contributed by atoms with van der Waals surface area (Å²) in [6.07, 6.45) is 0. The Labute approximate surface area is 137 Å². The summed E-state index contributed by atoms with van der Waals surface area (Å²) in [5, 5.41) is 4.32. The van der Waals surface area contributed by atoms with E-state index in [4.69, 9.17) is 0 Å². The van der Waals surface area contributed by atoms with Gasteiger partial charge in [0, 0.05) is 21.6 Å². The van der Waals surface area contributed by atoms with Crippen LogP contribution in [0.15, 0.2) is 19.4 Å². The Morgan fingerprint density at radius 1 is 0.750 bits per heavy atom. The molecule has 0 N–H and O–H groups in total. The maximum absolute atomic E-state index is 4.69. The molecule has 0 saturated carbocycles. The monoisotopic (exact) mass is 344 g/mol. The number of hydrogen-bond acceptors (Lipinski definition) is 6. The van der Waals surface area contributed by atoms with Crippen LogP contribution in [-0.2, 0) is 10.8 Å². The zero-order chi connectivity index (χ0) is 15.0. The molecule has 0 spiro atoms. The smallest absolute Gasteiger partial charge is 0.161 e. The minimum Gasteiger partial charge on any atom is -0.233 e. The number of aromatic nitrogens is 2. The Bertz CT molecular complexity index is 520. The van der Waals surface area contributed by atoms with E-state index in [-0.39, 0.29) is 10.8 Å². The molecule has 0 fully saturated rings. The van der Waals surface area contributed by atoms with E-state index in [1.807, 2.05) is 0 Å². The van der Waals surface area contributed by atoms with Gasteiger partial charge >= 0.3 is 0 Å². The van der Waals surface area contributed by atoms with E-state index in [9.17, 15) is 0 Å². The third-order valence-electron chi connectivity index (χ3n) is 2.69. The van der Waals surface area contributed by atoms with E-state index >= 15 is 0 Å². The van der Waals surface area contributed by atoms with Crippen LogP contribution >= 0.6 is 44.3 Å². The Morgan fingerprint density at radius 2 is 1.10 bits per heavy atom. The molecule has 6 heteroatoms. The molecule has 0 aliphatic rings. The highest BCUT2D eigenvalue weighted by molar-refractivity contribution is 8.77. The molecule has 2 heterocycles. The molecule has 2 rings (SSSR count). The molecular weight excluding hydrogens is 324 g/mol. The van der Waals surface area contributed by atoms with Crippen molar-refractivity contribution in [2.75, 3.05) is 0 Å². The first kappa shape index (κ1) is 16.3. The van der Waals surface area contributed by atoms with Crippen molar-refractivity contribution < 1.29 is 0 Å². The lowest BCUT2D eigenvalue weighted by molar-refractivity contribution is 0.569. The topological polar surface area (TPSA) is 25.8 Å². The summed E-state index contributed by atoms with van der Waals surface area (Å²) < 4.78 is 2.21. The Morgan fingerprint density at radius 3 is 1.35 bits per heavy atom. The molecule has 0 aromatic carbocycles. The van der Waals surface area contributed by atoms with Crippen molar-refractivity contribution in [2.24, 2.45) is 0 Å². The van der Waals surface area contributed by atoms with Crippen LogP contribution in [0, 0.1) is 0 Å². The SMILES string of the molecule is CC(C)(C)c1csc(SSc2nc(C(C)(C)C)cs2)n1. The van der Waals surface area contributed by atoms with Gasteiger partial charge in [-0.3, -0.25) is 0 Å². The molecule has 2 nitrogen and oxygen atoms in total. The van der Waals surface area contributed by atoms with Gasteiger partial charge in [0.15, 0.2) is 8.68 Å². The lowest BCUT2D eigenvalue weighted by Gasteiger charge is -2.14. The molecule has 0 atom stereocenters. The number of thiazole rings is 2. The van der Waals surface area contributed by atoms with Gasteiger partial charge in [-0.15, -0.1) is 22.7 Å². The summed E-state index contributed by atoms with van der Waals surface area (Å²) in [6, 6.07) is 0. The molecule has 0 aliphatic heterocycles. The summed E-state index contributed by atoms with van der Waals surface area (Å²) in [4.78, 5) is 9.38. The van der Waals surface area contributed by atoms with Crippen LogP contribution in [0.4, 0.5) is 0 Å². The maximum Gasteiger partial charge on any atom is 0.161 e. The fourth-order valence-electron chi connectivity index (χ4n) is 1.35. The van der Waals surface area contributed by atoms with Gasteiger partial charge in [0.25, 0.3) is 0 Å². The molecule has 110 valence electrons. The highest BCUT2D eigenvalue weighted by atomic mass is 33.1. The van der Waals surface area contributed by atoms with Crippen molar-refractivity contribution in [3.05, 3.63) is 22.1 Å². The minimum absolute atomic E-state index is 0.126. The van der Waals surface area contributed by atoms with E-state index in [0.29, 0.717) is 0 Å². The Balaban J connectivity index is 1.99. The van der Waals surface area contributed by atoms with Gasteiger partial charge in [0.1, 0.15) is 0 Å². The van der Waals surface area contributed by atoms with E-state index in [2.05, 4.69) is 62.3 Å². The summed E-state index contributed by atoms with van der Waals surface area (Å²) >= 11 is 3.43. The first-order chi connectivity index (χ1) is 9.16. The van der Waals surface area contributed by atoms with Gasteiger partial charge < -0.3 is 0 Å². The summed E-state index contributed by atoms with van der Waals surface area (Å²) in [7, 11) is 3.41. The van der Waals surface area contributed by atoms with Gasteiger partial charge in [0.05, 0.1) is 11.4 Å². The standard InChI is InChI=1S/C14H20N2S4/c1-13(2,3)9-7-17-11(15-9)19-20-12-16-10(8-18-12)14(4,5)6/h7-8H,1-6H3. The van der Waals surface area contributed by atoms with Crippen LogP contribution in [0.25, 0.3) is 0 Å². The van der Waals surface area contributed by atoms with Crippen LogP contribution in [0.3, 0.4) is 0 Å². The lowest BCUT2D eigenvalue weighted by Crippen LogP contribution is -2.11. The Hall–Kier alpha value is -0.0400. The van der Waals surface area contributed by atoms with Gasteiger partial charge in [-0.1, -0.05) is 41.5 Å². The molecule has 0 radical (unpaired) electrons. The average molecular weight is 345 g/mol. The Kier molecular flexibility index (Phi) is 4.89. The molecule has 0 aliphatic carbocycles. The van der Waals surface area contributed by atoms with Crippen LogP contribution in [0.1, 0.15) is 52.9 Å². The van der Waals surface area contributed by atoms with Gasteiger partial charge in [0.2, 0.25) is 0 Å². The fraction of sp³-hybridized carbons (Fsp3) is 0.571. The predicted molar refractivity (Wildman–Crippen MR) is 93.3 cm³/mol. The van der Waals surface area contributed by atoms with Crippen molar-refractivity contribution >= 4 is 44.3 Å². The third-order valence-corrected chi connectivity index (χ3v) is 7.41. The zero-order valence-corrected chi connectivity index (χ0v) is 15.9. The van der Waals surface area contributed by atoms with Crippen LogP contribution in [0.2, 0.25) is 0 Å². The first-order valence-electron chi connectivity index (χ1n) is 6.43. The molecule has 0 saturated heterocycles. The van der Waals surface area contributed by atoms with Gasteiger partial charge in [-0.2, -0.15) is 0 Å². The number of rotatable bonds is 3. The third kappa shape index (κ3) is 4.23. The molecule has 2 aromatic heterocycles. The normalized spacial score (nSPS) is 12.9. The van der Waals surface area contributed by atoms with E-state index < -0.39 is 0 Å². The lowest BCUT2D eigenvalue weighted by atomic mass is 9.93. The second-order valence-electron chi connectivity index (χ2n) is 6.66. The van der Waals surface area contributed by atoms with E-state index in [1.165, 1.54) is 11.4 Å². The first-order valence-corrected chi connectivity index (χ1v) is 10.3. The van der Waals surface area contributed by atoms with Crippen molar-refractivity contribution in [2.45, 2.75) is 61.1 Å². The zero-order valence-electron chi connectivity index (χ0n) is 12.7. The van der Waals surface area contributed by atoms with Gasteiger partial charge in [-0.25, -0.2) is 9.97 Å². The summed E-state index contributed by atoms with van der Waals surface area (Å²) in [5.74, 6) is 0. The summed E-state index contributed by atoms with van der Waals surface area (Å²) in [5.41, 5.74) is 2.58. The predicted octanol–water partition coefficient (Wildman–Crippen LogP) is 5.99. The average Bonchev–Trinajstić information content (AvgIpc) is 2.94. The second kappa shape index (κ2) is 5.99. The van der Waals surface area contributed by atoms with Crippen molar-refractivity contribution in [1.29, 1.82) is 0 Å². The molecule has 2 aromatic rings. The van der Waals surface area contributed by atoms with Crippen LogP contribution < -0.4 is 0 Å². The molecule has 0 bridgehead atoms. The maximum atomic E-state index is 4.69. The fourth-order valence-corrected chi connectivity index (χ4v) is 5.88. The quantitative estimate of drug-likeness (QED) is 0.638. The van der Waals surface area contributed by atoms with Gasteiger partial charge in [-0.05, 0) is 21.6 Å². The minimum atomic E-state index is 0.126. The molecule has 0 amide bonds. The number of nitrogens with zero attached hydrogens (tertiary/aromatic N) is 2. The van der Waals surface area contributed by atoms with Crippen molar-refractivity contribution in [1.82, 2.24) is 9.97 Å². The van der Waals surface area contributed by atoms with Crippen LogP contribution in [-0.4, -0.2) is 9.97 Å². The largest absolute Gasteiger partial charge is 0.233 e. The summed E-state index contributed by atoms with van der Waals surface area (Å²) in [6.45, 7) is 13.2.